The normalized spacial score (nSPS) is 18.3. The zero-order valence-electron chi connectivity index (χ0n) is 11.0. The van der Waals surface area contributed by atoms with E-state index in [1.165, 1.54) is 0 Å². The van der Waals surface area contributed by atoms with Crippen molar-refractivity contribution in [2.75, 3.05) is 13.1 Å². The highest BCUT2D eigenvalue weighted by Crippen LogP contribution is 2.36. The number of nitrogens with one attached hydrogen (secondary N) is 1. The molecule has 0 atom stereocenters. The lowest BCUT2D eigenvalue weighted by Crippen LogP contribution is -2.37. The van der Waals surface area contributed by atoms with Crippen LogP contribution in [0.5, 0.6) is 0 Å². The van der Waals surface area contributed by atoms with E-state index < -0.39 is 34.4 Å². The number of hydrogen-bond acceptors (Lipinski definition) is 2. The van der Waals surface area contributed by atoms with Gasteiger partial charge in [-0.15, -0.1) is 0 Å². The van der Waals surface area contributed by atoms with E-state index in [1.807, 2.05) is 0 Å². The van der Waals surface area contributed by atoms with E-state index in [0.717, 1.165) is 0 Å². The lowest BCUT2D eigenvalue weighted by atomic mass is 9.75. The fourth-order valence-electron chi connectivity index (χ4n) is 2.51. The molecule has 0 unspecified atom stereocenters. The van der Waals surface area contributed by atoms with Gasteiger partial charge in [-0.3, -0.25) is 0 Å². The van der Waals surface area contributed by atoms with Crippen LogP contribution < -0.4 is 5.32 Å². The zero-order valence-corrected chi connectivity index (χ0v) is 11.0. The molecule has 1 saturated heterocycles. The standard InChI is InChI=1S/C14H13F5N2/c15-11-5-9(14(17,18)19)6-12(16)10(11)7-13(8-20)1-3-21-4-2-13/h5-6,21H,1-4,7H2. The highest BCUT2D eigenvalue weighted by Gasteiger charge is 2.36. The second-order valence-electron chi connectivity index (χ2n) is 5.24. The maximum atomic E-state index is 13.8. The molecule has 0 bridgehead atoms. The van der Waals surface area contributed by atoms with Crippen LogP contribution in [0.25, 0.3) is 0 Å². The van der Waals surface area contributed by atoms with Crippen LogP contribution in [-0.4, -0.2) is 13.1 Å². The molecule has 114 valence electrons. The summed E-state index contributed by atoms with van der Waals surface area (Å²) < 4.78 is 65.1. The highest BCUT2D eigenvalue weighted by atomic mass is 19.4. The Balaban J connectivity index is 2.35. The molecule has 1 N–H and O–H groups in total. The maximum absolute atomic E-state index is 13.8. The lowest BCUT2D eigenvalue weighted by Gasteiger charge is -2.31. The van der Waals surface area contributed by atoms with E-state index in [4.69, 9.17) is 0 Å². The molecule has 1 aromatic rings. The smallest absolute Gasteiger partial charge is 0.317 e. The Morgan fingerprint density at radius 2 is 1.67 bits per heavy atom. The minimum atomic E-state index is -4.80. The van der Waals surface area contributed by atoms with Crippen molar-refractivity contribution in [1.82, 2.24) is 5.32 Å². The monoisotopic (exact) mass is 304 g/mol. The molecule has 1 aliphatic rings. The molecule has 21 heavy (non-hydrogen) atoms. The van der Waals surface area contributed by atoms with E-state index in [9.17, 15) is 27.2 Å². The first-order valence-corrected chi connectivity index (χ1v) is 6.44. The third kappa shape index (κ3) is 3.32. The van der Waals surface area contributed by atoms with E-state index in [-0.39, 0.29) is 18.6 Å². The van der Waals surface area contributed by atoms with Crippen molar-refractivity contribution in [1.29, 1.82) is 5.26 Å². The molecule has 1 aromatic carbocycles. The average Bonchev–Trinajstić information content (AvgIpc) is 2.43. The molecule has 0 aromatic heterocycles. The van der Waals surface area contributed by atoms with Gasteiger partial charge < -0.3 is 5.32 Å². The molecule has 0 aliphatic carbocycles. The van der Waals surface area contributed by atoms with Crippen LogP contribution in [0.15, 0.2) is 12.1 Å². The first-order chi connectivity index (χ1) is 9.77. The summed E-state index contributed by atoms with van der Waals surface area (Å²) in [6, 6.07) is 2.63. The predicted molar refractivity (Wildman–Crippen MR) is 65.2 cm³/mol. The number of benzene rings is 1. The van der Waals surface area contributed by atoms with Crippen molar-refractivity contribution in [2.45, 2.75) is 25.4 Å². The van der Waals surface area contributed by atoms with Gasteiger partial charge in [-0.1, -0.05) is 0 Å². The minimum Gasteiger partial charge on any atom is -0.317 e. The number of piperidine rings is 1. The van der Waals surface area contributed by atoms with E-state index >= 15 is 0 Å². The summed E-state index contributed by atoms with van der Waals surface area (Å²) in [5.41, 5.74) is -2.75. The Morgan fingerprint density at radius 3 is 2.10 bits per heavy atom. The quantitative estimate of drug-likeness (QED) is 0.850. The molecule has 0 amide bonds. The molecule has 2 nitrogen and oxygen atoms in total. The van der Waals surface area contributed by atoms with E-state index in [2.05, 4.69) is 11.4 Å². The van der Waals surface area contributed by atoms with Crippen molar-refractivity contribution in [2.24, 2.45) is 5.41 Å². The summed E-state index contributed by atoms with van der Waals surface area (Å²) in [4.78, 5) is 0. The summed E-state index contributed by atoms with van der Waals surface area (Å²) in [7, 11) is 0. The highest BCUT2D eigenvalue weighted by molar-refractivity contribution is 5.30. The minimum absolute atomic E-state index is 0.221. The van der Waals surface area contributed by atoms with Gasteiger partial charge in [0.2, 0.25) is 0 Å². The molecular formula is C14H13F5N2. The molecule has 0 spiro atoms. The number of nitriles is 1. The van der Waals surface area contributed by atoms with Crippen LogP contribution in [0.2, 0.25) is 0 Å². The first-order valence-electron chi connectivity index (χ1n) is 6.44. The summed E-state index contributed by atoms with van der Waals surface area (Å²) in [5, 5.41) is 12.3. The number of halogens is 5. The van der Waals surface area contributed by atoms with Crippen LogP contribution in [0, 0.1) is 28.4 Å². The summed E-state index contributed by atoms with van der Waals surface area (Å²) in [6.07, 6.45) is -4.21. The second-order valence-corrected chi connectivity index (χ2v) is 5.24. The Hall–Kier alpha value is -1.68. The number of alkyl halides is 3. The lowest BCUT2D eigenvalue weighted by molar-refractivity contribution is -0.138. The number of hydrogen-bond donors (Lipinski definition) is 1. The Kier molecular flexibility index (Phi) is 4.19. The van der Waals surface area contributed by atoms with Crippen LogP contribution in [0.3, 0.4) is 0 Å². The van der Waals surface area contributed by atoms with E-state index in [0.29, 0.717) is 25.9 Å². The van der Waals surface area contributed by atoms with Crippen LogP contribution >= 0.6 is 0 Å². The SMILES string of the molecule is N#CC1(Cc2c(F)cc(C(F)(F)F)cc2F)CCNCC1. The summed E-state index contributed by atoms with van der Waals surface area (Å²) in [5.74, 6) is -2.51. The van der Waals surface area contributed by atoms with E-state index in [1.54, 1.807) is 0 Å². The Bertz CT molecular complexity index is 545. The van der Waals surface area contributed by atoms with Crippen molar-refractivity contribution in [3.63, 3.8) is 0 Å². The third-order valence-electron chi connectivity index (χ3n) is 3.78. The molecule has 0 saturated carbocycles. The Labute approximate surface area is 118 Å². The van der Waals surface area contributed by atoms with Crippen molar-refractivity contribution in [3.8, 4) is 6.07 Å². The molecule has 1 fully saturated rings. The number of nitrogens with zero attached hydrogens (tertiary/aromatic N) is 1. The second kappa shape index (κ2) is 5.60. The fourth-order valence-corrected chi connectivity index (χ4v) is 2.51. The van der Waals surface area contributed by atoms with Crippen LogP contribution in [0.1, 0.15) is 24.0 Å². The van der Waals surface area contributed by atoms with Crippen molar-refractivity contribution in [3.05, 3.63) is 34.9 Å². The van der Waals surface area contributed by atoms with Crippen molar-refractivity contribution >= 4 is 0 Å². The van der Waals surface area contributed by atoms with Gasteiger partial charge in [-0.2, -0.15) is 18.4 Å². The van der Waals surface area contributed by atoms with Crippen LogP contribution in [-0.2, 0) is 12.6 Å². The van der Waals surface area contributed by atoms with Gasteiger partial charge in [-0.25, -0.2) is 8.78 Å². The first kappa shape index (κ1) is 15.7. The maximum Gasteiger partial charge on any atom is 0.416 e. The largest absolute Gasteiger partial charge is 0.416 e. The van der Waals surface area contributed by atoms with Gasteiger partial charge in [0.05, 0.1) is 17.0 Å². The van der Waals surface area contributed by atoms with Crippen LogP contribution in [0.4, 0.5) is 22.0 Å². The molecule has 7 heteroatoms. The molecule has 0 radical (unpaired) electrons. The summed E-state index contributed by atoms with van der Waals surface area (Å²) >= 11 is 0. The van der Waals surface area contributed by atoms with Gasteiger partial charge in [-0.05, 0) is 44.5 Å². The Morgan fingerprint density at radius 1 is 1.14 bits per heavy atom. The van der Waals surface area contributed by atoms with Gasteiger partial charge in [0, 0.05) is 5.56 Å². The van der Waals surface area contributed by atoms with Gasteiger partial charge >= 0.3 is 6.18 Å². The number of rotatable bonds is 2. The zero-order chi connectivity index (χ0) is 15.7. The van der Waals surface area contributed by atoms with Gasteiger partial charge in [0.15, 0.2) is 0 Å². The fraction of sp³-hybridized carbons (Fsp3) is 0.500. The molecule has 1 heterocycles. The molecule has 2 rings (SSSR count). The summed E-state index contributed by atoms with van der Waals surface area (Å²) in [6.45, 7) is 1.08. The molecular weight excluding hydrogens is 291 g/mol. The average molecular weight is 304 g/mol. The van der Waals surface area contributed by atoms with Crippen molar-refractivity contribution < 1.29 is 22.0 Å². The molecule has 1 aliphatic heterocycles. The topological polar surface area (TPSA) is 35.8 Å². The predicted octanol–water partition coefficient (Wildman–Crippen LogP) is 3.42. The third-order valence-corrected chi connectivity index (χ3v) is 3.78. The van der Waals surface area contributed by atoms with Gasteiger partial charge in [0.25, 0.3) is 0 Å². The van der Waals surface area contributed by atoms with Gasteiger partial charge in [0.1, 0.15) is 11.6 Å².